The lowest BCUT2D eigenvalue weighted by atomic mass is 9.99. The van der Waals surface area contributed by atoms with E-state index in [0.29, 0.717) is 31.0 Å². The summed E-state index contributed by atoms with van der Waals surface area (Å²) in [4.78, 5) is 16.1. The van der Waals surface area contributed by atoms with Crippen LogP contribution in [0.1, 0.15) is 18.4 Å². The number of nitrogens with one attached hydrogen (secondary N) is 2. The summed E-state index contributed by atoms with van der Waals surface area (Å²) in [5.74, 6) is -0.436. The summed E-state index contributed by atoms with van der Waals surface area (Å²) in [7, 11) is -3.63. The monoisotopic (exact) mass is 445 g/mol. The fourth-order valence-corrected chi connectivity index (χ4v) is 5.58. The first-order valence-electron chi connectivity index (χ1n) is 10.0. The van der Waals surface area contributed by atoms with E-state index in [1.807, 2.05) is 24.4 Å². The van der Waals surface area contributed by atoms with Crippen LogP contribution in [-0.2, 0) is 21.2 Å². The normalized spacial score (nSPS) is 17.8. The molecular weight excluding hydrogens is 422 g/mol. The van der Waals surface area contributed by atoms with Crippen LogP contribution in [0.15, 0.2) is 59.6 Å². The standard InChI is InChI=1S/C22H24ClN3O3S/c23-18-7-9-19(10-8-18)30(28,29)26-13-3-4-17(15-26)22(27)24-12-11-16-14-25-21-6-2-1-5-20(16)21/h1-2,5-10,14,17,25H,3-4,11-13,15H2,(H,24,27)/t17-/m1/s1. The molecule has 0 spiro atoms. The molecule has 3 aromatic rings. The maximum atomic E-state index is 12.9. The van der Waals surface area contributed by atoms with Crippen LogP contribution in [0, 0.1) is 5.92 Å². The van der Waals surface area contributed by atoms with Crippen molar-refractivity contribution in [2.24, 2.45) is 5.92 Å². The first kappa shape index (κ1) is 20.9. The van der Waals surface area contributed by atoms with E-state index in [1.54, 1.807) is 12.1 Å². The molecule has 0 bridgehead atoms. The average Bonchev–Trinajstić information content (AvgIpc) is 3.17. The van der Waals surface area contributed by atoms with Crippen molar-refractivity contribution in [2.75, 3.05) is 19.6 Å². The fourth-order valence-electron chi connectivity index (χ4n) is 3.93. The number of amides is 1. The van der Waals surface area contributed by atoms with Crippen molar-refractivity contribution in [3.63, 3.8) is 0 Å². The molecule has 0 unspecified atom stereocenters. The van der Waals surface area contributed by atoms with Gasteiger partial charge in [-0.3, -0.25) is 4.79 Å². The van der Waals surface area contributed by atoms with E-state index in [0.717, 1.165) is 22.9 Å². The van der Waals surface area contributed by atoms with Gasteiger partial charge in [0, 0.05) is 41.8 Å². The second-order valence-electron chi connectivity index (χ2n) is 7.56. The van der Waals surface area contributed by atoms with Crippen LogP contribution in [0.25, 0.3) is 10.9 Å². The number of hydrogen-bond acceptors (Lipinski definition) is 3. The van der Waals surface area contributed by atoms with Gasteiger partial charge in [0.15, 0.2) is 0 Å². The molecule has 1 atom stereocenters. The number of rotatable bonds is 6. The highest BCUT2D eigenvalue weighted by Gasteiger charge is 2.33. The predicted molar refractivity (Wildman–Crippen MR) is 118 cm³/mol. The van der Waals surface area contributed by atoms with Crippen molar-refractivity contribution in [3.8, 4) is 0 Å². The number of halogens is 1. The molecule has 1 aliphatic heterocycles. The maximum Gasteiger partial charge on any atom is 0.243 e. The molecule has 2 aromatic carbocycles. The van der Waals surface area contributed by atoms with Gasteiger partial charge in [-0.1, -0.05) is 29.8 Å². The number of carbonyl (C=O) groups excluding carboxylic acids is 1. The summed E-state index contributed by atoms with van der Waals surface area (Å²) >= 11 is 5.87. The second kappa shape index (κ2) is 8.79. The van der Waals surface area contributed by atoms with Gasteiger partial charge >= 0.3 is 0 Å². The van der Waals surface area contributed by atoms with Crippen LogP contribution < -0.4 is 5.32 Å². The molecule has 8 heteroatoms. The number of sulfonamides is 1. The highest BCUT2D eigenvalue weighted by atomic mass is 35.5. The number of H-pyrrole nitrogens is 1. The molecule has 1 aliphatic rings. The third kappa shape index (κ3) is 4.38. The van der Waals surface area contributed by atoms with Crippen LogP contribution in [0.4, 0.5) is 0 Å². The maximum absolute atomic E-state index is 12.9. The van der Waals surface area contributed by atoms with Crippen molar-refractivity contribution in [1.82, 2.24) is 14.6 Å². The van der Waals surface area contributed by atoms with E-state index >= 15 is 0 Å². The minimum absolute atomic E-state index is 0.0918. The fraction of sp³-hybridized carbons (Fsp3) is 0.318. The summed E-state index contributed by atoms with van der Waals surface area (Å²) in [5.41, 5.74) is 2.23. The molecule has 0 saturated carbocycles. The number of carbonyl (C=O) groups is 1. The number of fused-ring (bicyclic) bond motifs is 1. The topological polar surface area (TPSA) is 82.3 Å². The van der Waals surface area contributed by atoms with Crippen molar-refractivity contribution in [3.05, 3.63) is 65.3 Å². The molecule has 2 N–H and O–H groups in total. The molecular formula is C22H24ClN3O3S. The SMILES string of the molecule is O=C(NCCc1c[nH]c2ccccc12)[C@@H]1CCCN(S(=O)(=O)c2ccc(Cl)cc2)C1. The summed E-state index contributed by atoms with van der Waals surface area (Å²) in [6.45, 7) is 1.13. The van der Waals surface area contributed by atoms with Gasteiger partial charge in [-0.25, -0.2) is 8.42 Å². The van der Waals surface area contributed by atoms with Crippen molar-refractivity contribution < 1.29 is 13.2 Å². The Labute approximate surface area is 181 Å². The molecule has 4 rings (SSSR count). The van der Waals surface area contributed by atoms with Crippen molar-refractivity contribution >= 4 is 38.4 Å². The Bertz CT molecular complexity index is 1140. The van der Waals surface area contributed by atoms with E-state index in [4.69, 9.17) is 11.6 Å². The molecule has 1 saturated heterocycles. The zero-order valence-corrected chi connectivity index (χ0v) is 18.0. The molecule has 0 aliphatic carbocycles. The third-order valence-electron chi connectivity index (χ3n) is 5.57. The van der Waals surface area contributed by atoms with Crippen molar-refractivity contribution in [2.45, 2.75) is 24.2 Å². The number of nitrogens with zero attached hydrogens (tertiary/aromatic N) is 1. The van der Waals surface area contributed by atoms with Crippen molar-refractivity contribution in [1.29, 1.82) is 0 Å². The largest absolute Gasteiger partial charge is 0.361 e. The summed E-state index contributed by atoms with van der Waals surface area (Å²) in [5, 5.41) is 4.63. The smallest absolute Gasteiger partial charge is 0.243 e. The van der Waals surface area contributed by atoms with Gasteiger partial charge in [0.1, 0.15) is 0 Å². The first-order chi connectivity index (χ1) is 14.4. The summed E-state index contributed by atoms with van der Waals surface area (Å²) in [6, 6.07) is 14.2. The molecule has 158 valence electrons. The van der Waals surface area contributed by atoms with Gasteiger partial charge in [0.25, 0.3) is 0 Å². The molecule has 30 heavy (non-hydrogen) atoms. The Morgan fingerprint density at radius 1 is 1.17 bits per heavy atom. The molecule has 2 heterocycles. The van der Waals surface area contributed by atoms with Crippen LogP contribution >= 0.6 is 11.6 Å². The van der Waals surface area contributed by atoms with E-state index < -0.39 is 10.0 Å². The van der Waals surface area contributed by atoms with E-state index in [2.05, 4.69) is 16.4 Å². The number of aromatic nitrogens is 1. The van der Waals surface area contributed by atoms with Gasteiger partial charge in [-0.15, -0.1) is 0 Å². The number of hydrogen-bond donors (Lipinski definition) is 2. The lowest BCUT2D eigenvalue weighted by molar-refractivity contribution is -0.126. The average molecular weight is 446 g/mol. The molecule has 0 radical (unpaired) electrons. The highest BCUT2D eigenvalue weighted by molar-refractivity contribution is 7.89. The molecule has 6 nitrogen and oxygen atoms in total. The number of aromatic amines is 1. The van der Waals surface area contributed by atoms with Crippen LogP contribution in [0.2, 0.25) is 5.02 Å². The summed E-state index contributed by atoms with van der Waals surface area (Å²) < 4.78 is 27.2. The molecule has 1 fully saturated rings. The second-order valence-corrected chi connectivity index (χ2v) is 9.93. The zero-order chi connectivity index (χ0) is 21.1. The highest BCUT2D eigenvalue weighted by Crippen LogP contribution is 2.25. The quantitative estimate of drug-likeness (QED) is 0.608. The van der Waals surface area contributed by atoms with Crippen LogP contribution in [-0.4, -0.2) is 43.2 Å². The number of piperidine rings is 1. The van der Waals surface area contributed by atoms with Gasteiger partial charge in [0.05, 0.1) is 10.8 Å². The van der Waals surface area contributed by atoms with Crippen LogP contribution in [0.3, 0.4) is 0 Å². The third-order valence-corrected chi connectivity index (χ3v) is 7.71. The van der Waals surface area contributed by atoms with E-state index in [9.17, 15) is 13.2 Å². The number of benzene rings is 2. The minimum Gasteiger partial charge on any atom is -0.361 e. The van der Waals surface area contributed by atoms with E-state index in [-0.39, 0.29) is 23.3 Å². The predicted octanol–water partition coefficient (Wildman–Crippen LogP) is 3.58. The Morgan fingerprint density at radius 3 is 2.73 bits per heavy atom. The molecule has 1 amide bonds. The lowest BCUT2D eigenvalue weighted by Gasteiger charge is -2.31. The van der Waals surface area contributed by atoms with Crippen LogP contribution in [0.5, 0.6) is 0 Å². The lowest BCUT2D eigenvalue weighted by Crippen LogP contribution is -2.45. The Kier molecular flexibility index (Phi) is 6.13. The van der Waals surface area contributed by atoms with Gasteiger partial charge in [0.2, 0.25) is 15.9 Å². The van der Waals surface area contributed by atoms with E-state index in [1.165, 1.54) is 16.4 Å². The van der Waals surface area contributed by atoms with Gasteiger partial charge in [-0.05, 0) is 55.2 Å². The minimum atomic E-state index is -3.63. The summed E-state index contributed by atoms with van der Waals surface area (Å²) in [6.07, 6.45) is 4.03. The Hall–Kier alpha value is -2.35. The Balaban J connectivity index is 1.36. The first-order valence-corrected chi connectivity index (χ1v) is 11.9. The number of para-hydroxylation sites is 1. The van der Waals surface area contributed by atoms with Gasteiger partial charge in [-0.2, -0.15) is 4.31 Å². The molecule has 1 aromatic heterocycles. The zero-order valence-electron chi connectivity index (χ0n) is 16.5. The Morgan fingerprint density at radius 2 is 1.93 bits per heavy atom. The van der Waals surface area contributed by atoms with Gasteiger partial charge < -0.3 is 10.3 Å².